The number of furan rings is 1. The fourth-order valence-corrected chi connectivity index (χ4v) is 3.91. The topological polar surface area (TPSA) is 80.1 Å². The van der Waals surface area contributed by atoms with Gasteiger partial charge in [-0.3, -0.25) is 4.79 Å². The van der Waals surface area contributed by atoms with Gasteiger partial charge in [0, 0.05) is 32.1 Å². The number of amides is 1. The second-order valence-corrected chi connectivity index (χ2v) is 7.89. The van der Waals surface area contributed by atoms with E-state index in [2.05, 4.69) is 0 Å². The third-order valence-corrected chi connectivity index (χ3v) is 5.47. The molecule has 0 spiro atoms. The summed E-state index contributed by atoms with van der Waals surface area (Å²) in [5.41, 5.74) is 0. The monoisotopic (exact) mass is 328 g/mol. The highest BCUT2D eigenvalue weighted by atomic mass is 32.2. The summed E-state index contributed by atoms with van der Waals surface area (Å²) in [6, 6.07) is 3.42. The van der Waals surface area contributed by atoms with E-state index in [1.165, 1.54) is 10.6 Å². The first kappa shape index (κ1) is 15.5. The van der Waals surface area contributed by atoms with E-state index in [4.69, 9.17) is 9.15 Å². The lowest BCUT2D eigenvalue weighted by Crippen LogP contribution is -2.37. The Kier molecular flexibility index (Phi) is 4.00. The molecule has 2 fully saturated rings. The van der Waals surface area contributed by atoms with E-state index in [0.717, 1.165) is 0 Å². The van der Waals surface area contributed by atoms with Crippen LogP contribution in [0.3, 0.4) is 0 Å². The smallest absolute Gasteiger partial charge is 0.289 e. The van der Waals surface area contributed by atoms with Crippen molar-refractivity contribution in [2.75, 3.05) is 39.0 Å². The predicted molar refractivity (Wildman–Crippen MR) is 79.0 cm³/mol. The Morgan fingerprint density at radius 3 is 2.68 bits per heavy atom. The van der Waals surface area contributed by atoms with Crippen LogP contribution in [-0.2, 0) is 14.8 Å². The molecule has 0 bridgehead atoms. The lowest BCUT2D eigenvalue weighted by molar-refractivity contribution is 0.0484. The van der Waals surface area contributed by atoms with E-state index in [1.807, 2.05) is 0 Å². The van der Waals surface area contributed by atoms with Crippen molar-refractivity contribution in [1.29, 1.82) is 0 Å². The summed E-state index contributed by atoms with van der Waals surface area (Å²) >= 11 is 0. The summed E-state index contributed by atoms with van der Waals surface area (Å²) < 4.78 is 36.0. The Labute approximate surface area is 129 Å². The van der Waals surface area contributed by atoms with Crippen LogP contribution < -0.4 is 0 Å². The fraction of sp³-hybridized carbons (Fsp3) is 0.643. The van der Waals surface area contributed by atoms with Crippen molar-refractivity contribution < 1.29 is 22.4 Å². The van der Waals surface area contributed by atoms with Gasteiger partial charge in [0.2, 0.25) is 10.0 Å². The SMILES string of the molecule is Cc1ccc(C(=O)N2C[C@@H]3CN(S(C)(=O)=O)CCO[C@@H]3C2)o1. The molecule has 0 aliphatic carbocycles. The molecule has 2 saturated heterocycles. The number of hydrogen-bond acceptors (Lipinski definition) is 5. The van der Waals surface area contributed by atoms with Gasteiger partial charge in [0.1, 0.15) is 5.76 Å². The molecule has 2 aliphatic rings. The van der Waals surface area contributed by atoms with Crippen LogP contribution in [0.5, 0.6) is 0 Å². The molecule has 3 rings (SSSR count). The Morgan fingerprint density at radius 1 is 1.27 bits per heavy atom. The molecule has 0 saturated carbocycles. The molecule has 122 valence electrons. The van der Waals surface area contributed by atoms with Crippen molar-refractivity contribution >= 4 is 15.9 Å². The Balaban J connectivity index is 1.72. The zero-order valence-electron chi connectivity index (χ0n) is 12.7. The molecule has 3 heterocycles. The minimum atomic E-state index is -3.24. The van der Waals surface area contributed by atoms with Crippen molar-refractivity contribution in [2.24, 2.45) is 5.92 Å². The van der Waals surface area contributed by atoms with Crippen molar-refractivity contribution in [3.05, 3.63) is 23.7 Å². The molecule has 0 N–H and O–H groups in total. The third-order valence-electron chi connectivity index (χ3n) is 4.20. The van der Waals surface area contributed by atoms with Gasteiger partial charge < -0.3 is 14.1 Å². The molecule has 2 atom stereocenters. The third kappa shape index (κ3) is 3.04. The summed E-state index contributed by atoms with van der Waals surface area (Å²) in [7, 11) is -3.24. The number of hydrogen-bond donors (Lipinski definition) is 0. The maximum absolute atomic E-state index is 12.4. The first-order valence-electron chi connectivity index (χ1n) is 7.27. The van der Waals surface area contributed by atoms with E-state index in [0.29, 0.717) is 44.3 Å². The van der Waals surface area contributed by atoms with Crippen molar-refractivity contribution in [1.82, 2.24) is 9.21 Å². The maximum Gasteiger partial charge on any atom is 0.289 e. The first-order valence-corrected chi connectivity index (χ1v) is 9.12. The van der Waals surface area contributed by atoms with Gasteiger partial charge in [-0.2, -0.15) is 4.31 Å². The second-order valence-electron chi connectivity index (χ2n) is 5.91. The van der Waals surface area contributed by atoms with Gasteiger partial charge in [0.05, 0.1) is 19.0 Å². The number of ether oxygens (including phenoxy) is 1. The molecule has 7 nitrogen and oxygen atoms in total. The predicted octanol–water partition coefficient (Wildman–Crippen LogP) is 0.320. The number of rotatable bonds is 2. The van der Waals surface area contributed by atoms with E-state index in [-0.39, 0.29) is 17.9 Å². The van der Waals surface area contributed by atoms with Crippen LogP contribution in [0.1, 0.15) is 16.3 Å². The number of nitrogens with zero attached hydrogens (tertiary/aromatic N) is 2. The highest BCUT2D eigenvalue weighted by molar-refractivity contribution is 7.88. The Morgan fingerprint density at radius 2 is 2.05 bits per heavy atom. The number of carbonyl (C=O) groups excluding carboxylic acids is 1. The van der Waals surface area contributed by atoms with Gasteiger partial charge in [-0.25, -0.2) is 8.42 Å². The van der Waals surface area contributed by atoms with Crippen molar-refractivity contribution in [3.63, 3.8) is 0 Å². The van der Waals surface area contributed by atoms with E-state index < -0.39 is 10.0 Å². The zero-order valence-corrected chi connectivity index (χ0v) is 13.5. The van der Waals surface area contributed by atoms with Crippen LogP contribution in [0.25, 0.3) is 0 Å². The molecular weight excluding hydrogens is 308 g/mol. The number of aryl methyl sites for hydroxylation is 1. The minimum Gasteiger partial charge on any atom is -0.456 e. The first-order chi connectivity index (χ1) is 10.3. The maximum atomic E-state index is 12.4. The summed E-state index contributed by atoms with van der Waals surface area (Å²) in [6.45, 7) is 3.87. The molecule has 0 aromatic carbocycles. The standard InChI is InChI=1S/C14H20N2O5S/c1-10-3-4-12(21-10)14(17)15-7-11-8-16(22(2,18)19)5-6-20-13(11)9-15/h3-4,11,13H,5-9H2,1-2H3/t11-,13-/m1/s1. The van der Waals surface area contributed by atoms with Crippen molar-refractivity contribution in [2.45, 2.75) is 13.0 Å². The molecule has 8 heteroatoms. The lowest BCUT2D eigenvalue weighted by Gasteiger charge is -2.21. The van der Waals surface area contributed by atoms with Crippen LogP contribution in [0, 0.1) is 12.8 Å². The van der Waals surface area contributed by atoms with Crippen LogP contribution in [0.15, 0.2) is 16.5 Å². The van der Waals surface area contributed by atoms with Crippen LogP contribution in [0.4, 0.5) is 0 Å². The quantitative estimate of drug-likeness (QED) is 0.781. The highest BCUT2D eigenvalue weighted by Gasteiger charge is 2.40. The summed E-state index contributed by atoms with van der Waals surface area (Å²) in [6.07, 6.45) is 1.09. The largest absolute Gasteiger partial charge is 0.456 e. The van der Waals surface area contributed by atoms with Gasteiger partial charge >= 0.3 is 0 Å². The molecule has 1 aromatic rings. The zero-order chi connectivity index (χ0) is 15.9. The Bertz CT molecular complexity index is 669. The van der Waals surface area contributed by atoms with Gasteiger partial charge in [-0.05, 0) is 19.1 Å². The average molecular weight is 328 g/mol. The fourth-order valence-electron chi connectivity index (χ4n) is 3.04. The summed E-state index contributed by atoms with van der Waals surface area (Å²) in [5.74, 6) is 0.832. The lowest BCUT2D eigenvalue weighted by atomic mass is 10.1. The molecule has 2 aliphatic heterocycles. The summed E-state index contributed by atoms with van der Waals surface area (Å²) in [5, 5.41) is 0. The van der Waals surface area contributed by atoms with E-state index in [1.54, 1.807) is 24.0 Å². The van der Waals surface area contributed by atoms with Crippen LogP contribution >= 0.6 is 0 Å². The van der Waals surface area contributed by atoms with E-state index in [9.17, 15) is 13.2 Å². The van der Waals surface area contributed by atoms with Crippen LogP contribution in [0.2, 0.25) is 0 Å². The van der Waals surface area contributed by atoms with Gasteiger partial charge in [0.15, 0.2) is 5.76 Å². The Hall–Kier alpha value is -1.38. The number of likely N-dealkylation sites (tertiary alicyclic amines) is 1. The van der Waals surface area contributed by atoms with E-state index >= 15 is 0 Å². The van der Waals surface area contributed by atoms with Crippen LogP contribution in [-0.4, -0.2) is 68.7 Å². The second kappa shape index (κ2) is 5.68. The molecular formula is C14H20N2O5S. The molecule has 0 radical (unpaired) electrons. The van der Waals surface area contributed by atoms with Crippen molar-refractivity contribution in [3.8, 4) is 0 Å². The molecule has 1 aromatic heterocycles. The molecule has 1 amide bonds. The number of carbonyl (C=O) groups is 1. The normalized spacial score (nSPS) is 26.7. The molecule has 0 unspecified atom stereocenters. The minimum absolute atomic E-state index is 0.00256. The molecule has 22 heavy (non-hydrogen) atoms. The average Bonchev–Trinajstić information content (AvgIpc) is 2.98. The summed E-state index contributed by atoms with van der Waals surface area (Å²) in [4.78, 5) is 14.1. The number of sulfonamides is 1. The van der Waals surface area contributed by atoms with Gasteiger partial charge in [-0.1, -0.05) is 0 Å². The van der Waals surface area contributed by atoms with Gasteiger partial charge in [0.25, 0.3) is 5.91 Å². The van der Waals surface area contributed by atoms with Gasteiger partial charge in [-0.15, -0.1) is 0 Å². The number of fused-ring (bicyclic) bond motifs is 1. The highest BCUT2D eigenvalue weighted by Crippen LogP contribution is 2.26.